The number of hydrogen-bond donors (Lipinski definition) is 2. The topological polar surface area (TPSA) is 67.6 Å². The van der Waals surface area contributed by atoms with Crippen LogP contribution in [0.5, 0.6) is 0 Å². The van der Waals surface area contributed by atoms with Gasteiger partial charge in [0.1, 0.15) is 12.5 Å². The van der Waals surface area contributed by atoms with E-state index < -0.39 is 5.82 Å². The van der Waals surface area contributed by atoms with Gasteiger partial charge in [-0.15, -0.1) is 0 Å². The molecule has 3 N–H and O–H groups in total. The third kappa shape index (κ3) is 2.89. The Balaban J connectivity index is 1.95. The molecule has 5 nitrogen and oxygen atoms in total. The van der Waals surface area contributed by atoms with Crippen molar-refractivity contribution in [3.63, 3.8) is 0 Å². The molecule has 18 heavy (non-hydrogen) atoms. The van der Waals surface area contributed by atoms with E-state index in [1.54, 1.807) is 6.07 Å². The van der Waals surface area contributed by atoms with Crippen molar-refractivity contribution in [3.05, 3.63) is 24.0 Å². The minimum Gasteiger partial charge on any atom is -0.396 e. The molecule has 0 aromatic heterocycles. The number of ether oxygens (including phenoxy) is 1. The summed E-state index contributed by atoms with van der Waals surface area (Å²) in [5.74, 6) is -0.520. The minimum atomic E-state index is -0.433. The number of nitrogens with one attached hydrogen (secondary N) is 1. The van der Waals surface area contributed by atoms with E-state index in [1.165, 1.54) is 19.1 Å². The van der Waals surface area contributed by atoms with E-state index >= 15 is 0 Å². The van der Waals surface area contributed by atoms with Gasteiger partial charge in [0.25, 0.3) is 0 Å². The standard InChI is InChI=1S/C12H16FN3O2/c1-8(17)15-5-10-6-16(7-18-10)9-2-3-12(14)11(13)4-9/h2-4,10H,5-7,14H2,1H3,(H,15,17). The number of benzene rings is 1. The lowest BCUT2D eigenvalue weighted by molar-refractivity contribution is -0.119. The first-order chi connectivity index (χ1) is 8.56. The third-order valence-corrected chi connectivity index (χ3v) is 2.82. The Hall–Kier alpha value is -1.82. The average Bonchev–Trinajstić information content (AvgIpc) is 2.79. The summed E-state index contributed by atoms with van der Waals surface area (Å²) >= 11 is 0. The lowest BCUT2D eigenvalue weighted by Gasteiger charge is -2.16. The number of carbonyl (C=O) groups excluding carboxylic acids is 1. The Morgan fingerprint density at radius 2 is 2.44 bits per heavy atom. The summed E-state index contributed by atoms with van der Waals surface area (Å²) in [4.78, 5) is 12.7. The zero-order chi connectivity index (χ0) is 13.1. The van der Waals surface area contributed by atoms with Crippen LogP contribution in [0.4, 0.5) is 15.8 Å². The largest absolute Gasteiger partial charge is 0.396 e. The molecule has 2 rings (SSSR count). The highest BCUT2D eigenvalue weighted by molar-refractivity contribution is 5.72. The maximum Gasteiger partial charge on any atom is 0.216 e. The smallest absolute Gasteiger partial charge is 0.216 e. The zero-order valence-corrected chi connectivity index (χ0v) is 10.1. The van der Waals surface area contributed by atoms with Crippen molar-refractivity contribution in [1.29, 1.82) is 0 Å². The number of nitrogens with two attached hydrogens (primary N) is 1. The van der Waals surface area contributed by atoms with Crippen LogP contribution in [0, 0.1) is 5.82 Å². The molecule has 0 bridgehead atoms. The molecule has 1 amide bonds. The van der Waals surface area contributed by atoms with Gasteiger partial charge in [-0.05, 0) is 18.2 Å². The Labute approximate surface area is 105 Å². The monoisotopic (exact) mass is 253 g/mol. The van der Waals surface area contributed by atoms with Crippen LogP contribution < -0.4 is 16.0 Å². The normalized spacial score (nSPS) is 19.0. The molecule has 1 aliphatic heterocycles. The maximum atomic E-state index is 13.3. The van der Waals surface area contributed by atoms with E-state index in [1.807, 2.05) is 4.90 Å². The van der Waals surface area contributed by atoms with Crippen molar-refractivity contribution in [2.24, 2.45) is 0 Å². The molecular formula is C12H16FN3O2. The van der Waals surface area contributed by atoms with Crippen molar-refractivity contribution in [2.45, 2.75) is 13.0 Å². The number of rotatable bonds is 3. The van der Waals surface area contributed by atoms with Gasteiger partial charge < -0.3 is 20.7 Å². The number of carbonyl (C=O) groups is 1. The molecule has 0 radical (unpaired) electrons. The summed E-state index contributed by atoms with van der Waals surface area (Å²) in [6.07, 6.45) is -0.0745. The van der Waals surface area contributed by atoms with Gasteiger partial charge in [0.05, 0.1) is 11.8 Å². The van der Waals surface area contributed by atoms with Gasteiger partial charge in [-0.3, -0.25) is 4.79 Å². The number of nitrogen functional groups attached to an aromatic ring is 1. The van der Waals surface area contributed by atoms with Crippen LogP contribution in [-0.4, -0.2) is 31.8 Å². The van der Waals surface area contributed by atoms with Gasteiger partial charge >= 0.3 is 0 Å². The molecule has 0 saturated carbocycles. The summed E-state index contributed by atoms with van der Waals surface area (Å²) in [5, 5.41) is 2.70. The Morgan fingerprint density at radius 3 is 3.11 bits per heavy atom. The predicted molar refractivity (Wildman–Crippen MR) is 66.6 cm³/mol. The molecule has 98 valence electrons. The SMILES string of the molecule is CC(=O)NCC1CN(c2ccc(N)c(F)c2)CO1. The highest BCUT2D eigenvalue weighted by Gasteiger charge is 2.23. The lowest BCUT2D eigenvalue weighted by Crippen LogP contribution is -2.33. The second kappa shape index (κ2) is 5.22. The third-order valence-electron chi connectivity index (χ3n) is 2.82. The van der Waals surface area contributed by atoms with Gasteiger partial charge in [0, 0.05) is 25.7 Å². The fourth-order valence-electron chi connectivity index (χ4n) is 1.82. The van der Waals surface area contributed by atoms with Crippen molar-refractivity contribution in [2.75, 3.05) is 30.5 Å². The average molecular weight is 253 g/mol. The first-order valence-corrected chi connectivity index (χ1v) is 5.72. The summed E-state index contributed by atoms with van der Waals surface area (Å²) in [6, 6.07) is 4.67. The van der Waals surface area contributed by atoms with E-state index in [-0.39, 0.29) is 17.7 Å². The van der Waals surface area contributed by atoms with Crippen molar-refractivity contribution < 1.29 is 13.9 Å². The molecular weight excluding hydrogens is 237 g/mol. The first kappa shape index (κ1) is 12.6. The maximum absolute atomic E-state index is 13.3. The second-order valence-corrected chi connectivity index (χ2v) is 4.28. The summed E-state index contributed by atoms with van der Waals surface area (Å²) in [5.41, 5.74) is 6.29. The number of anilines is 2. The van der Waals surface area contributed by atoms with Crippen molar-refractivity contribution >= 4 is 17.3 Å². The highest BCUT2D eigenvalue weighted by Crippen LogP contribution is 2.23. The van der Waals surface area contributed by atoms with Crippen LogP contribution >= 0.6 is 0 Å². The molecule has 1 heterocycles. The molecule has 1 aromatic carbocycles. The second-order valence-electron chi connectivity index (χ2n) is 4.28. The number of halogens is 1. The zero-order valence-electron chi connectivity index (χ0n) is 10.1. The van der Waals surface area contributed by atoms with Crippen molar-refractivity contribution in [3.8, 4) is 0 Å². The molecule has 0 aliphatic carbocycles. The van der Waals surface area contributed by atoms with E-state index in [4.69, 9.17) is 10.5 Å². The van der Waals surface area contributed by atoms with Crippen LogP contribution in [0.15, 0.2) is 18.2 Å². The lowest BCUT2D eigenvalue weighted by atomic mass is 10.2. The Kier molecular flexibility index (Phi) is 3.66. The highest BCUT2D eigenvalue weighted by atomic mass is 19.1. The van der Waals surface area contributed by atoms with Gasteiger partial charge in [-0.2, -0.15) is 0 Å². The number of nitrogens with zero attached hydrogens (tertiary/aromatic N) is 1. The minimum absolute atomic E-state index is 0.0745. The number of amides is 1. The molecule has 1 aromatic rings. The quantitative estimate of drug-likeness (QED) is 0.778. The van der Waals surface area contributed by atoms with Crippen molar-refractivity contribution in [1.82, 2.24) is 5.32 Å². The predicted octanol–water partition coefficient (Wildman–Crippen LogP) is 0.707. The number of hydrogen-bond acceptors (Lipinski definition) is 4. The molecule has 1 aliphatic rings. The van der Waals surface area contributed by atoms with Gasteiger partial charge in [-0.1, -0.05) is 0 Å². The molecule has 1 saturated heterocycles. The van der Waals surface area contributed by atoms with Crippen LogP contribution in [0.25, 0.3) is 0 Å². The molecule has 6 heteroatoms. The molecule has 1 fully saturated rings. The van der Waals surface area contributed by atoms with Crippen LogP contribution in [-0.2, 0) is 9.53 Å². The fraction of sp³-hybridized carbons (Fsp3) is 0.417. The van der Waals surface area contributed by atoms with E-state index in [0.717, 1.165) is 5.69 Å². The van der Waals surface area contributed by atoms with E-state index in [9.17, 15) is 9.18 Å². The summed E-state index contributed by atoms with van der Waals surface area (Å²) in [7, 11) is 0. The van der Waals surface area contributed by atoms with Gasteiger partial charge in [0.2, 0.25) is 5.91 Å². The van der Waals surface area contributed by atoms with Gasteiger partial charge in [0.15, 0.2) is 0 Å². The summed E-state index contributed by atoms with van der Waals surface area (Å²) < 4.78 is 18.8. The molecule has 1 atom stereocenters. The summed E-state index contributed by atoms with van der Waals surface area (Å²) in [6.45, 7) is 2.92. The van der Waals surface area contributed by atoms with Gasteiger partial charge in [-0.25, -0.2) is 4.39 Å². The van der Waals surface area contributed by atoms with Crippen LogP contribution in [0.2, 0.25) is 0 Å². The van der Waals surface area contributed by atoms with Crippen LogP contribution in [0.3, 0.4) is 0 Å². The van der Waals surface area contributed by atoms with E-state index in [2.05, 4.69) is 5.32 Å². The van der Waals surface area contributed by atoms with Crippen LogP contribution in [0.1, 0.15) is 6.92 Å². The molecule has 1 unspecified atom stereocenters. The Morgan fingerprint density at radius 1 is 1.67 bits per heavy atom. The first-order valence-electron chi connectivity index (χ1n) is 5.72. The Bertz CT molecular complexity index is 453. The molecule has 0 spiro atoms. The fourth-order valence-corrected chi connectivity index (χ4v) is 1.82. The van der Waals surface area contributed by atoms with E-state index in [0.29, 0.717) is 19.8 Å².